The summed E-state index contributed by atoms with van der Waals surface area (Å²) in [4.78, 5) is 7.05. The molecule has 1 saturated carbocycles. The van der Waals surface area contributed by atoms with E-state index < -0.39 is 0 Å². The van der Waals surface area contributed by atoms with Crippen molar-refractivity contribution in [3.63, 3.8) is 0 Å². The highest BCUT2D eigenvalue weighted by Gasteiger charge is 2.31. The maximum atomic E-state index is 5.47. The molecule has 0 spiro atoms. The lowest BCUT2D eigenvalue weighted by Gasteiger charge is -2.17. The average Bonchev–Trinajstić information content (AvgIpc) is 2.96. The molecule has 148 valence electrons. The minimum atomic E-state index is 0.250. The van der Waals surface area contributed by atoms with Gasteiger partial charge in [-0.3, -0.25) is 0 Å². The first-order valence-electron chi connectivity index (χ1n) is 10.1. The molecule has 2 aliphatic heterocycles. The maximum absolute atomic E-state index is 5.47. The van der Waals surface area contributed by atoms with Crippen LogP contribution in [0.5, 0.6) is 0 Å². The van der Waals surface area contributed by atoms with Gasteiger partial charge in [-0.25, -0.2) is 0 Å². The van der Waals surface area contributed by atoms with Crippen molar-refractivity contribution in [1.82, 2.24) is 14.7 Å². The Morgan fingerprint density at radius 2 is 1.29 bits per heavy atom. The molecule has 1 atom stereocenters. The van der Waals surface area contributed by atoms with E-state index in [2.05, 4.69) is 49.8 Å². The van der Waals surface area contributed by atoms with Gasteiger partial charge in [0, 0.05) is 18.1 Å². The predicted octanol–water partition coefficient (Wildman–Crippen LogP) is 3.51. The Morgan fingerprint density at radius 3 is 1.42 bits per heavy atom. The fourth-order valence-electron chi connectivity index (χ4n) is 2.41. The van der Waals surface area contributed by atoms with Crippen LogP contribution in [-0.4, -0.2) is 80.7 Å². The van der Waals surface area contributed by atoms with Gasteiger partial charge in [-0.05, 0) is 86.9 Å². The van der Waals surface area contributed by atoms with Crippen LogP contribution in [-0.2, 0) is 0 Å². The number of nitrogens with two attached hydrogens (primary N) is 1. The first-order chi connectivity index (χ1) is 11.3. The lowest BCUT2D eigenvalue weighted by molar-refractivity contribution is 0.288. The Labute approximate surface area is 153 Å². The van der Waals surface area contributed by atoms with Crippen molar-refractivity contribution in [2.75, 3.05) is 54.4 Å². The zero-order valence-corrected chi connectivity index (χ0v) is 18.4. The van der Waals surface area contributed by atoms with Gasteiger partial charge in [0.15, 0.2) is 0 Å². The van der Waals surface area contributed by atoms with Crippen LogP contribution in [0.1, 0.15) is 66.7 Å². The molecule has 3 aliphatic rings. The van der Waals surface area contributed by atoms with Crippen LogP contribution in [0.15, 0.2) is 0 Å². The first-order valence-corrected chi connectivity index (χ1v) is 10.1. The van der Waals surface area contributed by atoms with Crippen molar-refractivity contribution in [2.24, 2.45) is 5.73 Å². The summed E-state index contributed by atoms with van der Waals surface area (Å²) >= 11 is 0. The SMILES string of the molecule is CC.CC.CC1(N)CC1.CN1CCC(N(C)C)C1.CN1CCCC1. The Kier molecular flexibility index (Phi) is 16.4. The lowest BCUT2D eigenvalue weighted by atomic mass is 10.2. The molecule has 4 nitrogen and oxygen atoms in total. The Morgan fingerprint density at radius 1 is 0.875 bits per heavy atom. The molecule has 0 bridgehead atoms. The fraction of sp³-hybridized carbons (Fsp3) is 1.00. The average molecular weight is 345 g/mol. The van der Waals surface area contributed by atoms with Gasteiger partial charge in [0.25, 0.3) is 0 Å². The standard InChI is InChI=1S/C7H16N2.C5H11N.C4H9N.2C2H6/c1-8(2)7-4-5-9(3)6-7;1-6-4-2-3-5-6;1-4(5)2-3-4;2*1-2/h7H,4-6H2,1-3H3;2-5H2,1H3;2-3,5H2,1H3;2*1-2H3. The molecule has 1 unspecified atom stereocenters. The highest BCUT2D eigenvalue weighted by Crippen LogP contribution is 2.30. The molecular weight excluding hydrogens is 296 g/mol. The molecule has 2 heterocycles. The van der Waals surface area contributed by atoms with Crippen LogP contribution in [0.25, 0.3) is 0 Å². The van der Waals surface area contributed by atoms with Crippen LogP contribution >= 0.6 is 0 Å². The molecule has 0 aromatic carbocycles. The second-order valence-electron chi connectivity index (χ2n) is 7.33. The molecule has 0 amide bonds. The number of rotatable bonds is 1. The summed E-state index contributed by atoms with van der Waals surface area (Å²) in [5.74, 6) is 0. The minimum Gasteiger partial charge on any atom is -0.325 e. The van der Waals surface area contributed by atoms with Crippen LogP contribution in [0.3, 0.4) is 0 Å². The van der Waals surface area contributed by atoms with Crippen LogP contribution in [0.4, 0.5) is 0 Å². The summed E-state index contributed by atoms with van der Waals surface area (Å²) in [6.45, 7) is 15.2. The Balaban J connectivity index is 0. The van der Waals surface area contributed by atoms with Gasteiger partial charge in [0.05, 0.1) is 0 Å². The molecular formula is C20H48N4. The van der Waals surface area contributed by atoms with Gasteiger partial charge in [-0.2, -0.15) is 0 Å². The van der Waals surface area contributed by atoms with Gasteiger partial charge in [0.2, 0.25) is 0 Å². The zero-order valence-electron chi connectivity index (χ0n) is 18.4. The fourth-order valence-corrected chi connectivity index (χ4v) is 2.41. The summed E-state index contributed by atoms with van der Waals surface area (Å²) in [5, 5.41) is 0. The van der Waals surface area contributed by atoms with Gasteiger partial charge >= 0.3 is 0 Å². The zero-order chi connectivity index (χ0) is 19.2. The van der Waals surface area contributed by atoms with Gasteiger partial charge in [-0.1, -0.05) is 27.7 Å². The van der Waals surface area contributed by atoms with E-state index >= 15 is 0 Å². The third-order valence-corrected chi connectivity index (χ3v) is 4.47. The summed E-state index contributed by atoms with van der Waals surface area (Å²) in [5.41, 5.74) is 5.72. The van der Waals surface area contributed by atoms with E-state index in [1.165, 1.54) is 58.3 Å². The number of nitrogens with zero attached hydrogens (tertiary/aromatic N) is 3. The largest absolute Gasteiger partial charge is 0.325 e. The van der Waals surface area contributed by atoms with E-state index in [1.807, 2.05) is 27.7 Å². The number of hydrogen-bond donors (Lipinski definition) is 1. The van der Waals surface area contributed by atoms with E-state index in [9.17, 15) is 0 Å². The molecule has 3 fully saturated rings. The maximum Gasteiger partial charge on any atom is 0.0229 e. The highest BCUT2D eigenvalue weighted by molar-refractivity contribution is 4.93. The molecule has 2 N–H and O–H groups in total. The third kappa shape index (κ3) is 15.4. The quantitative estimate of drug-likeness (QED) is 0.789. The molecule has 2 saturated heterocycles. The molecule has 0 aromatic rings. The Hall–Kier alpha value is -0.160. The topological polar surface area (TPSA) is 35.7 Å². The van der Waals surface area contributed by atoms with Crippen molar-refractivity contribution in [3.8, 4) is 0 Å². The minimum absolute atomic E-state index is 0.250. The number of likely N-dealkylation sites (tertiary alicyclic amines) is 2. The Bertz CT molecular complexity index is 254. The lowest BCUT2D eigenvalue weighted by Crippen LogP contribution is -2.30. The van der Waals surface area contributed by atoms with Crippen molar-refractivity contribution in [2.45, 2.75) is 78.3 Å². The van der Waals surface area contributed by atoms with E-state index in [1.54, 1.807) is 0 Å². The monoisotopic (exact) mass is 344 g/mol. The van der Waals surface area contributed by atoms with Crippen molar-refractivity contribution < 1.29 is 0 Å². The number of likely N-dealkylation sites (N-methyl/N-ethyl adjacent to an activating group) is 2. The molecule has 4 heteroatoms. The molecule has 24 heavy (non-hydrogen) atoms. The van der Waals surface area contributed by atoms with E-state index in [0.717, 1.165) is 6.04 Å². The second kappa shape index (κ2) is 15.1. The third-order valence-electron chi connectivity index (χ3n) is 4.47. The number of hydrogen-bond acceptors (Lipinski definition) is 4. The molecule has 0 aromatic heterocycles. The van der Waals surface area contributed by atoms with Crippen LogP contribution in [0, 0.1) is 0 Å². The molecule has 0 radical (unpaired) electrons. The smallest absolute Gasteiger partial charge is 0.0229 e. The van der Waals surface area contributed by atoms with Crippen molar-refractivity contribution in [1.29, 1.82) is 0 Å². The van der Waals surface area contributed by atoms with E-state index in [-0.39, 0.29) is 5.54 Å². The molecule has 3 rings (SSSR count). The summed E-state index contributed by atoms with van der Waals surface area (Å²) in [7, 11) is 8.67. The highest BCUT2D eigenvalue weighted by atomic mass is 15.2. The summed E-state index contributed by atoms with van der Waals surface area (Å²) in [6, 6.07) is 0.801. The van der Waals surface area contributed by atoms with Crippen molar-refractivity contribution in [3.05, 3.63) is 0 Å². The normalized spacial score (nSPS) is 24.4. The first kappa shape index (κ1) is 26.1. The second-order valence-corrected chi connectivity index (χ2v) is 7.33. The van der Waals surface area contributed by atoms with Gasteiger partial charge in [0.1, 0.15) is 0 Å². The van der Waals surface area contributed by atoms with Crippen LogP contribution in [0.2, 0.25) is 0 Å². The van der Waals surface area contributed by atoms with E-state index in [0.29, 0.717) is 0 Å². The van der Waals surface area contributed by atoms with Gasteiger partial charge in [-0.15, -0.1) is 0 Å². The summed E-state index contributed by atoms with van der Waals surface area (Å²) in [6.07, 6.45) is 6.62. The van der Waals surface area contributed by atoms with Crippen LogP contribution < -0.4 is 5.73 Å². The summed E-state index contributed by atoms with van der Waals surface area (Å²) < 4.78 is 0. The molecule has 1 aliphatic carbocycles. The van der Waals surface area contributed by atoms with Gasteiger partial charge < -0.3 is 20.4 Å². The van der Waals surface area contributed by atoms with E-state index in [4.69, 9.17) is 5.73 Å². The predicted molar refractivity (Wildman–Crippen MR) is 111 cm³/mol. The van der Waals surface area contributed by atoms with Crippen molar-refractivity contribution >= 4 is 0 Å².